The zero-order valence-electron chi connectivity index (χ0n) is 61.6. The highest BCUT2D eigenvalue weighted by atomic mass is 19.4. The molecule has 1 aromatic rings. The second kappa shape index (κ2) is 43.8. The first-order valence-corrected chi connectivity index (χ1v) is 34.8. The van der Waals surface area contributed by atoms with Crippen LogP contribution in [0.5, 0.6) is 0 Å². The maximum absolute atomic E-state index is 15.6. The van der Waals surface area contributed by atoms with Gasteiger partial charge in [-0.3, -0.25) is 57.7 Å². The van der Waals surface area contributed by atoms with E-state index in [2.05, 4.69) is 52.8 Å². The molecule has 106 heavy (non-hydrogen) atoms. The molecule has 36 nitrogen and oxygen atoms in total. The van der Waals surface area contributed by atoms with E-state index in [4.69, 9.17) is 36.6 Å². The van der Waals surface area contributed by atoms with Gasteiger partial charge in [0.2, 0.25) is 65.0 Å². The van der Waals surface area contributed by atoms with Gasteiger partial charge in [0.25, 0.3) is 0 Å². The number of alkyl halides is 3. The average molecular weight is 1520 g/mol. The van der Waals surface area contributed by atoms with Crippen molar-refractivity contribution in [1.29, 1.82) is 0 Å². The van der Waals surface area contributed by atoms with Crippen molar-refractivity contribution in [2.45, 2.75) is 244 Å². The minimum absolute atomic E-state index is 0.0334. The molecule has 12 amide bonds. The topological polar surface area (TPSA) is 581 Å². The van der Waals surface area contributed by atoms with Crippen LogP contribution in [0.1, 0.15) is 159 Å². The lowest BCUT2D eigenvalue weighted by Gasteiger charge is -2.34. The Bertz CT molecular complexity index is 3190. The zero-order valence-corrected chi connectivity index (χ0v) is 61.6. The Kier molecular flexibility index (Phi) is 38.3. The lowest BCUT2D eigenvalue weighted by atomic mass is 9.83. The number of aliphatic imine (C=N–C) groups is 1. The number of aliphatic hydroxyl groups is 4. The number of nitrogens with zero attached hydrogens (tertiary/aromatic N) is 1. The molecule has 1 saturated carbocycles. The predicted octanol–water partition coefficient (Wildman–Crippen LogP) is -2.70. The van der Waals surface area contributed by atoms with Gasteiger partial charge in [0.1, 0.15) is 60.0 Å². The van der Waals surface area contributed by atoms with Crippen LogP contribution >= 0.6 is 0 Å². The zero-order chi connectivity index (χ0) is 80.8. The number of guanidine groups is 1. The van der Waals surface area contributed by atoms with Crippen molar-refractivity contribution in [1.82, 2.24) is 58.5 Å². The van der Waals surface area contributed by atoms with Gasteiger partial charge in [0.15, 0.2) is 24.2 Å². The molecule has 1 aliphatic carbocycles. The molecule has 1 aromatic carbocycles. The molecule has 22 N–H and O–H groups in total. The van der Waals surface area contributed by atoms with Crippen LogP contribution in [0.3, 0.4) is 0 Å². The first-order chi connectivity index (χ1) is 49.2. The summed E-state index contributed by atoms with van der Waals surface area (Å²) < 4.78 is 43.3. The van der Waals surface area contributed by atoms with Crippen molar-refractivity contribution in [2.24, 2.45) is 51.8 Å². The number of cyclic esters (lactones) is 1. The molecule has 2 fully saturated rings. The maximum atomic E-state index is 15.6. The fraction of sp³-hybridized carbons (Fsp3) is 0.687. The highest BCUT2D eigenvalue weighted by molar-refractivity contribution is 6.00. The first kappa shape index (κ1) is 92.6. The van der Waals surface area contributed by atoms with Crippen molar-refractivity contribution < 1.29 is 115 Å². The van der Waals surface area contributed by atoms with E-state index in [9.17, 15) is 81.5 Å². The number of nitrogens with two attached hydrogens (primary N) is 3. The molecule has 0 aromatic heterocycles. The number of esters is 1. The number of primary amides is 1. The number of benzene rings is 1. The van der Waals surface area contributed by atoms with Crippen LogP contribution in [-0.4, -0.2) is 225 Å². The molecule has 598 valence electrons. The third kappa shape index (κ3) is 31.7. The molecule has 3 rings (SSSR count). The highest BCUT2D eigenvalue weighted by Gasteiger charge is 2.45. The van der Waals surface area contributed by atoms with Crippen LogP contribution in [0, 0.1) is 29.6 Å². The molecular weight excluding hydrogens is 1410 g/mol. The Morgan fingerprint density at radius 1 is 0.670 bits per heavy atom. The summed E-state index contributed by atoms with van der Waals surface area (Å²) in [6, 6.07) is -11.3. The van der Waals surface area contributed by atoms with Gasteiger partial charge >= 0.3 is 24.2 Å². The van der Waals surface area contributed by atoms with Gasteiger partial charge in [-0.2, -0.15) is 13.2 Å². The van der Waals surface area contributed by atoms with E-state index >= 15 is 14.4 Å². The summed E-state index contributed by atoms with van der Waals surface area (Å²) in [5, 5.41) is 78.5. The highest BCUT2D eigenvalue weighted by Crippen LogP contribution is 2.29. The Labute approximate surface area is 612 Å². The largest absolute Gasteiger partial charge is 0.490 e. The summed E-state index contributed by atoms with van der Waals surface area (Å²) in [5.74, 6) is -20.7. The number of hydrogen-bond donors (Lipinski definition) is 19. The lowest BCUT2D eigenvalue weighted by Crippen LogP contribution is -2.64. The van der Waals surface area contributed by atoms with E-state index < -0.39 is 222 Å². The number of aliphatic carboxylic acids is 1. The molecule has 2 unspecified atom stereocenters. The number of carboxylic acid groups (broad SMARTS) is 1. The quantitative estimate of drug-likeness (QED) is 0.0229. The molecule has 0 radical (unpaired) electrons. The van der Waals surface area contributed by atoms with Crippen molar-refractivity contribution in [3.8, 4) is 0 Å². The molecule has 0 bridgehead atoms. The van der Waals surface area contributed by atoms with Crippen LogP contribution in [0.25, 0.3) is 0 Å². The van der Waals surface area contributed by atoms with E-state index in [0.29, 0.717) is 12.8 Å². The standard InChI is InChI=1S/C65H107N15O19.C2HF3O2/c1-13-34(8)43-57(91)77-44(35(9)82)56(90)70-29-42(83)75-47(50(85)52(66)86)60(94)74-41(30-81)62(96)98-51(37-23-18-15-19-24-37)48(79-55(89)40(28-32(4)5)72-58(92)45(36-21-16-14-17-22-36)80-64(97)99-65(10,11)12)61(95)78-46(49(84)33(6)7)59(93)73-39(27-31(2)3)54(88)71-38(53(87)76-43)25-20-26-69-63(67)68;3-2(4,5)1(6)7/h15,18-19,23-24,31-36,38-41,43-51,81-82,84-85H,13-14,16-17,20-22,25-30H2,1-12H3,(H2,66,86)(H,70,90)(H,71,88)(H,72,92)(H,73,93)(H,74,94)(H,75,83)(H,76,87)(H,77,91)(H,78,95)(H,79,89)(H,80,97)(H4,67,68,69);(H,6,7)/t34-,35-,38+,39-,40-,41-,43?,44?,45+,46-,47-,48-,49+,50-,51+;/m0./s1. The van der Waals surface area contributed by atoms with Crippen LogP contribution in [0.4, 0.5) is 18.0 Å². The first-order valence-electron chi connectivity index (χ1n) is 34.8. The summed E-state index contributed by atoms with van der Waals surface area (Å²) in [5.41, 5.74) is 15.4. The number of halogens is 3. The number of carbonyl (C=O) groups excluding carboxylic acids is 13. The molecule has 1 saturated heterocycles. The van der Waals surface area contributed by atoms with E-state index in [1.54, 1.807) is 62.3 Å². The van der Waals surface area contributed by atoms with E-state index in [1.165, 1.54) is 44.2 Å². The number of amides is 12. The van der Waals surface area contributed by atoms with Gasteiger partial charge in [-0.15, -0.1) is 0 Å². The van der Waals surface area contributed by atoms with Crippen molar-refractivity contribution in [2.75, 3.05) is 19.7 Å². The van der Waals surface area contributed by atoms with Gasteiger partial charge < -0.3 is 111 Å². The van der Waals surface area contributed by atoms with Crippen LogP contribution in [0.15, 0.2) is 35.3 Å². The monoisotopic (exact) mass is 1520 g/mol. The van der Waals surface area contributed by atoms with Gasteiger partial charge in [-0.25, -0.2) is 14.4 Å². The summed E-state index contributed by atoms with van der Waals surface area (Å²) in [6.07, 6.45) is -11.2. The number of carboxylic acids is 1. The third-order valence-corrected chi connectivity index (χ3v) is 16.7. The smallest absolute Gasteiger partial charge is 0.475 e. The number of ether oxygens (including phenoxy) is 2. The fourth-order valence-corrected chi connectivity index (χ4v) is 10.9. The second-order valence-corrected chi connectivity index (χ2v) is 28.1. The second-order valence-electron chi connectivity index (χ2n) is 28.1. The number of nitrogens with one attached hydrogen (secondary N) is 11. The Morgan fingerprint density at radius 2 is 1.21 bits per heavy atom. The number of rotatable bonds is 23. The molecule has 1 aliphatic heterocycles. The predicted molar refractivity (Wildman–Crippen MR) is 372 cm³/mol. The van der Waals surface area contributed by atoms with Crippen molar-refractivity contribution >= 4 is 89.0 Å². The van der Waals surface area contributed by atoms with Crippen LogP contribution in [-0.2, 0) is 71.8 Å². The Balaban J connectivity index is 0.00000517. The average Bonchev–Trinajstić information content (AvgIpc) is 0.814. The van der Waals surface area contributed by atoms with Gasteiger partial charge in [0, 0.05) is 6.54 Å². The summed E-state index contributed by atoms with van der Waals surface area (Å²) >= 11 is 0. The molecule has 0 spiro atoms. The third-order valence-electron chi connectivity index (χ3n) is 16.7. The SMILES string of the molecule is CC[C@H](C)C1NC(=O)[C@@H](CCCN=C(N)N)NC(=O)[C@H](CC(C)C)NC(=O)[C@H]([C@H](O)C(C)C)NC(=O)[C@@H](NC(=O)[C@H](CC(C)C)NC(=O)[C@H](NC(=O)OC(C)(C)C)C2CCCCC2)[C@@H](c2ccccc2)OC(=O)[C@H](CO)NC(=O)[C@H]([C@H](O)C(N)=O)NC(=O)CNC(=O)C([C@H](C)O)NC1=O.O=C(O)C(F)(F)F. The van der Waals surface area contributed by atoms with E-state index in [1.807, 2.05) is 10.6 Å². The molecule has 15 atom stereocenters. The Morgan fingerprint density at radius 3 is 1.72 bits per heavy atom. The molecular formula is C67H108F3N15O21. The summed E-state index contributed by atoms with van der Waals surface area (Å²) in [4.78, 5) is 199. The van der Waals surface area contributed by atoms with Crippen LogP contribution < -0.4 is 75.7 Å². The lowest BCUT2D eigenvalue weighted by molar-refractivity contribution is -0.192. The Hall–Kier alpha value is -9.50. The molecule has 39 heteroatoms. The van der Waals surface area contributed by atoms with Gasteiger partial charge in [-0.05, 0) is 101 Å². The number of alkyl carbamates (subject to hydrolysis) is 1. The maximum Gasteiger partial charge on any atom is 0.490 e. The van der Waals surface area contributed by atoms with E-state index in [0.717, 1.165) is 26.2 Å². The van der Waals surface area contributed by atoms with Crippen LogP contribution in [0.2, 0.25) is 0 Å². The van der Waals surface area contributed by atoms with Crippen molar-refractivity contribution in [3.63, 3.8) is 0 Å². The van der Waals surface area contributed by atoms with Gasteiger partial charge in [0.05, 0.1) is 25.4 Å². The molecule has 1 heterocycles. The van der Waals surface area contributed by atoms with Gasteiger partial charge in [-0.1, -0.05) is 111 Å². The number of hydrogen-bond acceptors (Lipinski definition) is 21. The van der Waals surface area contributed by atoms with Crippen molar-refractivity contribution in [3.05, 3.63) is 35.9 Å². The van der Waals surface area contributed by atoms with E-state index in [-0.39, 0.29) is 50.2 Å². The minimum Gasteiger partial charge on any atom is -0.475 e. The normalized spacial score (nSPS) is 23.8. The fourth-order valence-electron chi connectivity index (χ4n) is 10.9. The molecule has 2 aliphatic rings. The summed E-state index contributed by atoms with van der Waals surface area (Å²) in [6.45, 7) is 16.5. The number of aliphatic hydroxyl groups excluding tert-OH is 4. The summed E-state index contributed by atoms with van der Waals surface area (Å²) in [7, 11) is 0. The minimum atomic E-state index is -5.08. The number of carbonyl (C=O) groups is 14.